The van der Waals surface area contributed by atoms with Gasteiger partial charge >= 0.3 is 0 Å². The molecule has 0 bridgehead atoms. The fourth-order valence-corrected chi connectivity index (χ4v) is 2.24. The number of rotatable bonds is 2. The van der Waals surface area contributed by atoms with E-state index in [0.717, 1.165) is 5.56 Å². The van der Waals surface area contributed by atoms with Crippen molar-refractivity contribution in [1.29, 1.82) is 0 Å². The summed E-state index contributed by atoms with van der Waals surface area (Å²) in [6.07, 6.45) is 0. The van der Waals surface area contributed by atoms with Crippen LogP contribution in [0, 0.1) is 18.6 Å². The van der Waals surface area contributed by atoms with Gasteiger partial charge in [-0.3, -0.25) is 0 Å². The van der Waals surface area contributed by atoms with Crippen LogP contribution in [0.1, 0.15) is 22.9 Å². The molecule has 0 spiro atoms. The van der Waals surface area contributed by atoms with Crippen LogP contribution < -0.4 is 5.73 Å². The first-order valence-electron chi connectivity index (χ1n) is 6.25. The Balaban J connectivity index is 2.07. The second kappa shape index (κ2) is 4.72. The summed E-state index contributed by atoms with van der Waals surface area (Å²) in [5, 5.41) is 0.614. The third-order valence-corrected chi connectivity index (χ3v) is 3.29. The summed E-state index contributed by atoms with van der Waals surface area (Å²) in [6, 6.07) is 9.89. The maximum atomic E-state index is 13.8. The van der Waals surface area contributed by atoms with Crippen LogP contribution in [0.15, 0.2) is 46.9 Å². The van der Waals surface area contributed by atoms with Crippen LogP contribution in [-0.4, -0.2) is 0 Å². The Bertz CT molecular complexity index is 779. The molecule has 0 aliphatic carbocycles. The SMILES string of the molecule is Cc1ccc(F)c(C(N)c2cc3cc(F)ccc3o2)c1. The van der Waals surface area contributed by atoms with Gasteiger partial charge in [-0.2, -0.15) is 0 Å². The van der Waals surface area contributed by atoms with Crippen molar-refractivity contribution in [2.24, 2.45) is 5.73 Å². The molecule has 0 saturated carbocycles. The van der Waals surface area contributed by atoms with Gasteiger partial charge in [-0.15, -0.1) is 0 Å². The number of benzene rings is 2. The van der Waals surface area contributed by atoms with Crippen molar-refractivity contribution in [3.05, 3.63) is 71.0 Å². The highest BCUT2D eigenvalue weighted by molar-refractivity contribution is 5.78. The first-order chi connectivity index (χ1) is 9.54. The second-order valence-electron chi connectivity index (χ2n) is 4.83. The van der Waals surface area contributed by atoms with E-state index in [-0.39, 0.29) is 11.6 Å². The zero-order valence-electron chi connectivity index (χ0n) is 10.9. The maximum absolute atomic E-state index is 13.8. The number of hydrogen-bond donors (Lipinski definition) is 1. The van der Waals surface area contributed by atoms with Crippen molar-refractivity contribution in [1.82, 2.24) is 0 Å². The lowest BCUT2D eigenvalue weighted by Crippen LogP contribution is -2.13. The minimum absolute atomic E-state index is 0.347. The summed E-state index contributed by atoms with van der Waals surface area (Å²) in [4.78, 5) is 0. The Hall–Kier alpha value is -2.20. The molecule has 3 rings (SSSR count). The first kappa shape index (κ1) is 12.8. The molecule has 3 aromatic rings. The Labute approximate surface area is 114 Å². The molecule has 1 aromatic heterocycles. The van der Waals surface area contributed by atoms with E-state index in [0.29, 0.717) is 22.3 Å². The monoisotopic (exact) mass is 273 g/mol. The zero-order chi connectivity index (χ0) is 14.3. The van der Waals surface area contributed by atoms with Crippen LogP contribution in [0.3, 0.4) is 0 Å². The first-order valence-corrected chi connectivity index (χ1v) is 6.25. The molecule has 1 heterocycles. The summed E-state index contributed by atoms with van der Waals surface area (Å²) in [5.74, 6) is -0.315. The van der Waals surface area contributed by atoms with E-state index in [1.807, 2.05) is 6.92 Å². The third-order valence-electron chi connectivity index (χ3n) is 3.29. The Morgan fingerprint density at radius 1 is 1.05 bits per heavy atom. The minimum Gasteiger partial charge on any atom is -0.459 e. The van der Waals surface area contributed by atoms with Crippen LogP contribution in [0.4, 0.5) is 8.78 Å². The summed E-state index contributed by atoms with van der Waals surface area (Å²) >= 11 is 0. The van der Waals surface area contributed by atoms with Crippen LogP contribution >= 0.6 is 0 Å². The molecular weight excluding hydrogens is 260 g/mol. The highest BCUT2D eigenvalue weighted by Gasteiger charge is 2.18. The second-order valence-corrected chi connectivity index (χ2v) is 4.83. The average molecular weight is 273 g/mol. The van der Waals surface area contributed by atoms with Gasteiger partial charge in [0, 0.05) is 10.9 Å². The molecule has 0 fully saturated rings. The van der Waals surface area contributed by atoms with Crippen molar-refractivity contribution >= 4 is 11.0 Å². The van der Waals surface area contributed by atoms with Crippen molar-refractivity contribution in [2.75, 3.05) is 0 Å². The number of hydrogen-bond acceptors (Lipinski definition) is 2. The minimum atomic E-state index is -0.717. The predicted molar refractivity (Wildman–Crippen MR) is 73.3 cm³/mol. The van der Waals surface area contributed by atoms with Gasteiger partial charge in [0.1, 0.15) is 23.0 Å². The lowest BCUT2D eigenvalue weighted by Gasteiger charge is -2.11. The van der Waals surface area contributed by atoms with Crippen molar-refractivity contribution < 1.29 is 13.2 Å². The molecule has 102 valence electrons. The normalized spacial score (nSPS) is 12.8. The van der Waals surface area contributed by atoms with E-state index < -0.39 is 6.04 Å². The van der Waals surface area contributed by atoms with E-state index in [1.54, 1.807) is 18.2 Å². The fraction of sp³-hybridized carbons (Fsp3) is 0.125. The molecule has 0 saturated heterocycles. The van der Waals surface area contributed by atoms with Crippen molar-refractivity contribution in [3.8, 4) is 0 Å². The van der Waals surface area contributed by atoms with Gasteiger partial charge in [0.05, 0.1) is 6.04 Å². The zero-order valence-corrected chi connectivity index (χ0v) is 10.9. The van der Waals surface area contributed by atoms with Gasteiger partial charge < -0.3 is 10.2 Å². The van der Waals surface area contributed by atoms with E-state index >= 15 is 0 Å². The van der Waals surface area contributed by atoms with Crippen LogP contribution in [-0.2, 0) is 0 Å². The van der Waals surface area contributed by atoms with Crippen molar-refractivity contribution in [3.63, 3.8) is 0 Å². The number of fused-ring (bicyclic) bond motifs is 1. The molecule has 2 nitrogen and oxygen atoms in total. The molecule has 0 radical (unpaired) electrons. The molecule has 0 aliphatic rings. The standard InChI is InChI=1S/C16H13F2NO/c1-9-2-4-13(18)12(6-9)16(19)15-8-10-7-11(17)3-5-14(10)20-15/h2-8,16H,19H2,1H3. The molecule has 2 N–H and O–H groups in total. The van der Waals surface area contributed by atoms with E-state index in [4.69, 9.17) is 10.2 Å². The molecule has 2 aromatic carbocycles. The molecule has 20 heavy (non-hydrogen) atoms. The van der Waals surface area contributed by atoms with Gasteiger partial charge in [0.25, 0.3) is 0 Å². The Morgan fingerprint density at radius 3 is 2.65 bits per heavy atom. The number of halogens is 2. The van der Waals surface area contributed by atoms with E-state index in [1.165, 1.54) is 24.3 Å². The van der Waals surface area contributed by atoms with Crippen molar-refractivity contribution in [2.45, 2.75) is 13.0 Å². The number of furan rings is 1. The number of aryl methyl sites for hydroxylation is 1. The van der Waals surface area contributed by atoms with Crippen LogP contribution in [0.2, 0.25) is 0 Å². The van der Waals surface area contributed by atoms with Gasteiger partial charge in [0.15, 0.2) is 0 Å². The van der Waals surface area contributed by atoms with Gasteiger partial charge in [0.2, 0.25) is 0 Å². The van der Waals surface area contributed by atoms with Gasteiger partial charge in [-0.25, -0.2) is 8.78 Å². The molecule has 1 atom stereocenters. The van der Waals surface area contributed by atoms with Crippen LogP contribution in [0.5, 0.6) is 0 Å². The predicted octanol–water partition coefficient (Wildman–Crippen LogP) is 4.07. The largest absolute Gasteiger partial charge is 0.459 e. The molecular formula is C16H13F2NO. The highest BCUT2D eigenvalue weighted by atomic mass is 19.1. The molecule has 4 heteroatoms. The summed E-state index contributed by atoms with van der Waals surface area (Å²) < 4.78 is 32.6. The average Bonchev–Trinajstić information content (AvgIpc) is 2.83. The fourth-order valence-electron chi connectivity index (χ4n) is 2.24. The highest BCUT2D eigenvalue weighted by Crippen LogP contribution is 2.28. The molecule has 1 unspecified atom stereocenters. The lowest BCUT2D eigenvalue weighted by molar-refractivity contribution is 0.509. The van der Waals surface area contributed by atoms with E-state index in [2.05, 4.69) is 0 Å². The summed E-state index contributed by atoms with van der Waals surface area (Å²) in [5.41, 5.74) is 7.87. The molecule has 0 aliphatic heterocycles. The number of nitrogens with two attached hydrogens (primary N) is 1. The van der Waals surface area contributed by atoms with Crippen LogP contribution in [0.25, 0.3) is 11.0 Å². The summed E-state index contributed by atoms with van der Waals surface area (Å²) in [7, 11) is 0. The third kappa shape index (κ3) is 2.18. The maximum Gasteiger partial charge on any atom is 0.134 e. The quantitative estimate of drug-likeness (QED) is 0.764. The van der Waals surface area contributed by atoms with Gasteiger partial charge in [-0.1, -0.05) is 17.7 Å². The Morgan fingerprint density at radius 2 is 1.85 bits per heavy atom. The topological polar surface area (TPSA) is 39.2 Å². The molecule has 0 amide bonds. The lowest BCUT2D eigenvalue weighted by atomic mass is 10.0. The van der Waals surface area contributed by atoms with E-state index in [9.17, 15) is 8.78 Å². The smallest absolute Gasteiger partial charge is 0.134 e. The summed E-state index contributed by atoms with van der Waals surface area (Å²) in [6.45, 7) is 1.86. The van der Waals surface area contributed by atoms with Gasteiger partial charge in [-0.05, 0) is 37.3 Å². The Kier molecular flexibility index (Phi) is 3.03.